The Balaban J connectivity index is 2.01. The minimum Gasteiger partial charge on any atom is -0.386 e. The van der Waals surface area contributed by atoms with E-state index in [1.165, 1.54) is 57.8 Å². The number of hydrogen-bond donors (Lipinski definition) is 0. The van der Waals surface area contributed by atoms with Gasteiger partial charge in [-0.15, -0.1) is 0 Å². The third kappa shape index (κ3) is 2.91. The van der Waals surface area contributed by atoms with E-state index in [0.29, 0.717) is 5.54 Å². The average Bonchev–Trinajstić information content (AvgIpc) is 2.95. The number of rotatable bonds is 4. The van der Waals surface area contributed by atoms with Gasteiger partial charge in [0.2, 0.25) is 0 Å². The number of piperidine rings is 1. The first-order valence-corrected chi connectivity index (χ1v) is 12.0. The van der Waals surface area contributed by atoms with Crippen molar-refractivity contribution < 1.29 is 8.85 Å². The lowest BCUT2D eigenvalue weighted by molar-refractivity contribution is -0.0169. The second-order valence-corrected chi connectivity index (χ2v) is 13.0. The highest BCUT2D eigenvalue weighted by Crippen LogP contribution is 2.57. The zero-order valence-electron chi connectivity index (χ0n) is 16.9. The Bertz CT molecular complexity index is 431. The zero-order chi connectivity index (χ0) is 17.6. The van der Waals surface area contributed by atoms with E-state index in [0.717, 1.165) is 11.8 Å². The molecule has 2 saturated carbocycles. The van der Waals surface area contributed by atoms with Gasteiger partial charge in [0.15, 0.2) is 0 Å². The lowest BCUT2D eigenvalue weighted by Crippen LogP contribution is -2.74. The molecule has 2 aliphatic carbocycles. The Morgan fingerprint density at radius 3 is 1.96 bits per heavy atom. The lowest BCUT2D eigenvalue weighted by Gasteiger charge is -2.60. The molecule has 0 amide bonds. The molecule has 3 unspecified atom stereocenters. The van der Waals surface area contributed by atoms with Crippen LogP contribution in [0, 0.1) is 11.8 Å². The van der Waals surface area contributed by atoms with Gasteiger partial charge in [0.25, 0.3) is 0 Å². The molecule has 140 valence electrons. The molecule has 0 radical (unpaired) electrons. The highest BCUT2D eigenvalue weighted by atomic mass is 28.4. The monoisotopic (exact) mass is 353 g/mol. The van der Waals surface area contributed by atoms with Gasteiger partial charge in [0, 0.05) is 30.8 Å². The maximum atomic E-state index is 6.47. The van der Waals surface area contributed by atoms with Crippen LogP contribution in [0.15, 0.2) is 0 Å². The van der Waals surface area contributed by atoms with Gasteiger partial charge in [-0.1, -0.05) is 19.3 Å². The molecule has 0 aromatic carbocycles. The first-order valence-electron chi connectivity index (χ1n) is 10.2. The van der Waals surface area contributed by atoms with E-state index in [9.17, 15) is 0 Å². The van der Waals surface area contributed by atoms with Crippen LogP contribution in [0.3, 0.4) is 0 Å². The third-order valence-electron chi connectivity index (χ3n) is 7.49. The SMILES string of the molecule is CO[Si](OC)(C1CCC2CCCCC21)N1C(C)(C)CCCC1(C)C. The van der Waals surface area contributed by atoms with E-state index in [-0.39, 0.29) is 11.1 Å². The first kappa shape index (κ1) is 18.9. The van der Waals surface area contributed by atoms with Gasteiger partial charge in [0.1, 0.15) is 0 Å². The summed E-state index contributed by atoms with van der Waals surface area (Å²) >= 11 is 0. The number of fused-ring (bicyclic) bond motifs is 1. The van der Waals surface area contributed by atoms with Gasteiger partial charge < -0.3 is 8.85 Å². The molecular weight excluding hydrogens is 314 g/mol. The van der Waals surface area contributed by atoms with Crippen molar-refractivity contribution in [1.82, 2.24) is 4.57 Å². The standard InChI is InChI=1S/C20H39NO2Si/c1-19(2)14-9-15-20(3,4)21(19)24(22-5,23-6)18-13-12-16-10-7-8-11-17(16)18/h16-18H,7-15H2,1-6H3. The summed E-state index contributed by atoms with van der Waals surface area (Å²) in [7, 11) is 1.42. The normalized spacial score (nSPS) is 36.5. The molecule has 0 spiro atoms. The summed E-state index contributed by atoms with van der Waals surface area (Å²) in [4.78, 5) is 0. The van der Waals surface area contributed by atoms with Crippen LogP contribution >= 0.6 is 0 Å². The Morgan fingerprint density at radius 2 is 1.38 bits per heavy atom. The van der Waals surface area contributed by atoms with Gasteiger partial charge in [-0.3, -0.25) is 4.57 Å². The maximum absolute atomic E-state index is 6.47. The topological polar surface area (TPSA) is 21.7 Å². The predicted octanol–water partition coefficient (Wildman–Crippen LogP) is 5.23. The molecule has 3 fully saturated rings. The molecule has 24 heavy (non-hydrogen) atoms. The summed E-state index contributed by atoms with van der Waals surface area (Å²) in [5, 5.41) is 0. The molecule has 3 rings (SSSR count). The van der Waals surface area contributed by atoms with Crippen molar-refractivity contribution in [3.63, 3.8) is 0 Å². The van der Waals surface area contributed by atoms with Gasteiger partial charge in [-0.05, 0) is 78.1 Å². The van der Waals surface area contributed by atoms with E-state index >= 15 is 0 Å². The van der Waals surface area contributed by atoms with Crippen molar-refractivity contribution in [2.45, 2.75) is 102 Å². The summed E-state index contributed by atoms with van der Waals surface area (Å²) in [6, 6.07) is 0. The van der Waals surface area contributed by atoms with Crippen LogP contribution in [0.25, 0.3) is 0 Å². The van der Waals surface area contributed by atoms with Crippen LogP contribution in [0.4, 0.5) is 0 Å². The molecule has 3 atom stereocenters. The Hall–Kier alpha value is 0.0969. The molecule has 0 aromatic heterocycles. The number of nitrogens with zero attached hydrogens (tertiary/aromatic N) is 1. The van der Waals surface area contributed by atoms with Crippen molar-refractivity contribution in [2.24, 2.45) is 11.8 Å². The molecular formula is C20H39NO2Si. The molecule has 3 nitrogen and oxygen atoms in total. The summed E-state index contributed by atoms with van der Waals surface area (Å²) < 4.78 is 15.7. The van der Waals surface area contributed by atoms with Crippen molar-refractivity contribution in [1.29, 1.82) is 0 Å². The molecule has 1 heterocycles. The van der Waals surface area contributed by atoms with Crippen molar-refractivity contribution in [2.75, 3.05) is 14.2 Å². The maximum Gasteiger partial charge on any atom is 0.431 e. The lowest BCUT2D eigenvalue weighted by atomic mass is 9.82. The second-order valence-electron chi connectivity index (χ2n) is 9.75. The third-order valence-corrected chi connectivity index (χ3v) is 12.1. The molecule has 1 aliphatic heterocycles. The van der Waals surface area contributed by atoms with Crippen LogP contribution in [0.1, 0.15) is 85.5 Å². The fourth-order valence-corrected chi connectivity index (χ4v) is 11.7. The van der Waals surface area contributed by atoms with Crippen LogP contribution in [0.2, 0.25) is 5.54 Å². The highest BCUT2D eigenvalue weighted by Gasteiger charge is 2.64. The largest absolute Gasteiger partial charge is 0.431 e. The van der Waals surface area contributed by atoms with Crippen LogP contribution in [0.5, 0.6) is 0 Å². The molecule has 1 saturated heterocycles. The quantitative estimate of drug-likeness (QED) is 0.646. The smallest absolute Gasteiger partial charge is 0.386 e. The van der Waals surface area contributed by atoms with Crippen molar-refractivity contribution in [3.05, 3.63) is 0 Å². The van der Waals surface area contributed by atoms with Crippen LogP contribution in [-0.4, -0.2) is 38.6 Å². The Morgan fingerprint density at radius 1 is 0.792 bits per heavy atom. The van der Waals surface area contributed by atoms with E-state index in [4.69, 9.17) is 8.85 Å². The van der Waals surface area contributed by atoms with E-state index < -0.39 is 8.72 Å². The summed E-state index contributed by atoms with van der Waals surface area (Å²) in [5.41, 5.74) is 0.953. The summed E-state index contributed by atoms with van der Waals surface area (Å²) in [5.74, 6) is 1.76. The second kappa shape index (κ2) is 6.68. The van der Waals surface area contributed by atoms with Crippen molar-refractivity contribution in [3.8, 4) is 0 Å². The Kier molecular flexibility index (Phi) is 5.25. The van der Waals surface area contributed by atoms with Crippen LogP contribution in [-0.2, 0) is 8.85 Å². The average molecular weight is 354 g/mol. The van der Waals surface area contributed by atoms with E-state index in [2.05, 4.69) is 32.3 Å². The molecule has 0 aromatic rings. The van der Waals surface area contributed by atoms with Gasteiger partial charge in [-0.25, -0.2) is 0 Å². The fraction of sp³-hybridized carbons (Fsp3) is 1.00. The van der Waals surface area contributed by atoms with E-state index in [1.54, 1.807) is 0 Å². The minimum atomic E-state index is -2.46. The van der Waals surface area contributed by atoms with Crippen molar-refractivity contribution >= 4 is 8.72 Å². The van der Waals surface area contributed by atoms with Gasteiger partial charge in [-0.2, -0.15) is 0 Å². The van der Waals surface area contributed by atoms with Gasteiger partial charge in [0.05, 0.1) is 0 Å². The first-order chi connectivity index (χ1) is 11.3. The molecule has 0 bridgehead atoms. The minimum absolute atomic E-state index is 0.159. The fourth-order valence-electron chi connectivity index (χ4n) is 6.76. The van der Waals surface area contributed by atoms with Crippen LogP contribution < -0.4 is 0 Å². The summed E-state index contributed by atoms with van der Waals surface area (Å²) in [6.45, 7) is 9.67. The van der Waals surface area contributed by atoms with Gasteiger partial charge >= 0.3 is 8.72 Å². The molecule has 4 heteroatoms. The Labute approximate surface area is 150 Å². The highest BCUT2D eigenvalue weighted by molar-refractivity contribution is 6.66. The molecule has 3 aliphatic rings. The predicted molar refractivity (Wildman–Crippen MR) is 102 cm³/mol. The van der Waals surface area contributed by atoms with E-state index in [1.807, 2.05) is 14.2 Å². The molecule has 0 N–H and O–H groups in total. The summed E-state index contributed by atoms with van der Waals surface area (Å²) in [6.07, 6.45) is 12.2. The zero-order valence-corrected chi connectivity index (χ0v) is 17.9. The number of hydrogen-bond acceptors (Lipinski definition) is 3.